The molecule has 0 heterocycles. The van der Waals surface area contributed by atoms with E-state index >= 15 is 0 Å². The highest BCUT2D eigenvalue weighted by molar-refractivity contribution is 5.78. The minimum Gasteiger partial charge on any atom is -0.300 e. The second-order valence-corrected chi connectivity index (χ2v) is 4.95. The third-order valence-corrected chi connectivity index (χ3v) is 3.17. The number of hydrogen-bond acceptors (Lipinski definition) is 1. The largest absolute Gasteiger partial charge is 0.300 e. The topological polar surface area (TPSA) is 17.1 Å². The molecule has 1 rings (SSSR count). The fourth-order valence-corrected chi connectivity index (χ4v) is 2.13. The van der Waals surface area contributed by atoms with E-state index < -0.39 is 0 Å². The van der Waals surface area contributed by atoms with Crippen molar-refractivity contribution in [2.24, 2.45) is 0 Å². The fraction of sp³-hybridized carbons (Fsp3) is 0.562. The molecule has 0 unspecified atom stereocenters. The molecule has 1 aromatic rings. The normalized spacial score (nSPS) is 10.5. The van der Waals surface area contributed by atoms with E-state index in [1.165, 1.54) is 36.8 Å². The van der Waals surface area contributed by atoms with E-state index in [-0.39, 0.29) is 5.78 Å². The lowest BCUT2D eigenvalue weighted by molar-refractivity contribution is -0.116. The lowest BCUT2D eigenvalue weighted by Crippen LogP contribution is -1.99. The second kappa shape index (κ2) is 7.26. The van der Waals surface area contributed by atoms with Crippen LogP contribution in [0, 0.1) is 6.92 Å². The number of ketones is 1. The van der Waals surface area contributed by atoms with E-state index in [0.717, 1.165) is 12.0 Å². The van der Waals surface area contributed by atoms with Crippen LogP contribution in [0.15, 0.2) is 18.2 Å². The van der Waals surface area contributed by atoms with Crippen LogP contribution >= 0.6 is 0 Å². The van der Waals surface area contributed by atoms with Crippen LogP contribution < -0.4 is 0 Å². The summed E-state index contributed by atoms with van der Waals surface area (Å²) in [5.41, 5.74) is 3.93. The quantitative estimate of drug-likeness (QED) is 0.642. The van der Waals surface area contributed by atoms with Crippen molar-refractivity contribution in [1.82, 2.24) is 0 Å². The summed E-state index contributed by atoms with van der Waals surface area (Å²) in [7, 11) is 0. The number of rotatable bonds is 7. The van der Waals surface area contributed by atoms with Gasteiger partial charge in [-0.15, -0.1) is 0 Å². The van der Waals surface area contributed by atoms with Gasteiger partial charge in [0, 0.05) is 6.42 Å². The van der Waals surface area contributed by atoms with Crippen molar-refractivity contribution >= 4 is 5.78 Å². The predicted molar refractivity (Wildman–Crippen MR) is 73.4 cm³/mol. The highest BCUT2D eigenvalue weighted by Crippen LogP contribution is 2.15. The maximum absolute atomic E-state index is 11.1. The lowest BCUT2D eigenvalue weighted by Gasteiger charge is -2.08. The number of Topliss-reactive ketones (excluding diaryl/α,β-unsaturated/α-hetero) is 1. The Morgan fingerprint density at radius 3 is 2.59 bits per heavy atom. The van der Waals surface area contributed by atoms with Crippen LogP contribution in [-0.4, -0.2) is 5.78 Å². The molecule has 0 aromatic heterocycles. The first-order valence-electron chi connectivity index (χ1n) is 6.71. The van der Waals surface area contributed by atoms with Gasteiger partial charge >= 0.3 is 0 Å². The first kappa shape index (κ1) is 14.0. The van der Waals surface area contributed by atoms with Gasteiger partial charge < -0.3 is 0 Å². The summed E-state index contributed by atoms with van der Waals surface area (Å²) in [6.45, 7) is 6.05. The molecule has 0 N–H and O–H groups in total. The number of carbonyl (C=O) groups excluding carboxylic acids is 1. The molecule has 94 valence electrons. The third kappa shape index (κ3) is 5.16. The van der Waals surface area contributed by atoms with Crippen LogP contribution in [-0.2, 0) is 17.6 Å². The van der Waals surface area contributed by atoms with Gasteiger partial charge in [-0.1, -0.05) is 44.4 Å². The molecule has 0 fully saturated rings. The molecular formula is C16H24O. The molecule has 0 aliphatic heterocycles. The van der Waals surface area contributed by atoms with Crippen molar-refractivity contribution in [3.05, 3.63) is 34.9 Å². The maximum Gasteiger partial charge on any atom is 0.134 e. The molecule has 0 saturated carbocycles. The zero-order chi connectivity index (χ0) is 12.7. The summed E-state index contributed by atoms with van der Waals surface area (Å²) in [5.74, 6) is 0.241. The summed E-state index contributed by atoms with van der Waals surface area (Å²) in [4.78, 5) is 11.1. The van der Waals surface area contributed by atoms with E-state index in [9.17, 15) is 4.79 Å². The Hall–Kier alpha value is -1.11. The van der Waals surface area contributed by atoms with Crippen LogP contribution in [0.3, 0.4) is 0 Å². The van der Waals surface area contributed by atoms with Gasteiger partial charge in [0.1, 0.15) is 5.78 Å². The molecule has 0 saturated heterocycles. The highest BCUT2D eigenvalue weighted by Gasteiger charge is 2.02. The number of carbonyl (C=O) groups is 1. The molecule has 0 atom stereocenters. The Labute approximate surface area is 105 Å². The molecule has 17 heavy (non-hydrogen) atoms. The van der Waals surface area contributed by atoms with Crippen molar-refractivity contribution in [1.29, 1.82) is 0 Å². The van der Waals surface area contributed by atoms with Gasteiger partial charge in [0.15, 0.2) is 0 Å². The van der Waals surface area contributed by atoms with E-state index in [0.29, 0.717) is 6.42 Å². The Morgan fingerprint density at radius 1 is 1.18 bits per heavy atom. The van der Waals surface area contributed by atoms with Crippen LogP contribution in [0.2, 0.25) is 0 Å². The molecular weight excluding hydrogens is 208 g/mol. The third-order valence-electron chi connectivity index (χ3n) is 3.17. The van der Waals surface area contributed by atoms with E-state index in [1.54, 1.807) is 6.92 Å². The van der Waals surface area contributed by atoms with Gasteiger partial charge in [0.05, 0.1) is 0 Å². The number of benzene rings is 1. The second-order valence-electron chi connectivity index (χ2n) is 4.95. The average Bonchev–Trinajstić information content (AvgIpc) is 2.28. The summed E-state index contributed by atoms with van der Waals surface area (Å²) in [6, 6.07) is 6.43. The smallest absolute Gasteiger partial charge is 0.134 e. The highest BCUT2D eigenvalue weighted by atomic mass is 16.1. The zero-order valence-electron chi connectivity index (χ0n) is 11.4. The Kier molecular flexibility index (Phi) is 5.96. The Balaban J connectivity index is 2.59. The monoisotopic (exact) mass is 232 g/mol. The SMILES string of the molecule is CCCCCCc1cc(CC(C)=O)ccc1C. The minimum absolute atomic E-state index is 0.241. The Morgan fingerprint density at radius 2 is 1.94 bits per heavy atom. The van der Waals surface area contributed by atoms with Crippen molar-refractivity contribution < 1.29 is 4.79 Å². The van der Waals surface area contributed by atoms with E-state index in [1.807, 2.05) is 0 Å². The van der Waals surface area contributed by atoms with Gasteiger partial charge in [-0.2, -0.15) is 0 Å². The lowest BCUT2D eigenvalue weighted by atomic mass is 9.97. The standard InChI is InChI=1S/C16H24O/c1-4-5-6-7-8-16-12-15(11-14(3)17)10-9-13(16)2/h9-10,12H,4-8,11H2,1-3H3. The average molecular weight is 232 g/mol. The maximum atomic E-state index is 11.1. The van der Waals surface area contributed by atoms with Gasteiger partial charge in [-0.25, -0.2) is 0 Å². The number of aryl methyl sites for hydroxylation is 2. The molecule has 1 aromatic carbocycles. The summed E-state index contributed by atoms with van der Waals surface area (Å²) >= 11 is 0. The van der Waals surface area contributed by atoms with E-state index in [2.05, 4.69) is 32.0 Å². The first-order chi connectivity index (χ1) is 8.13. The van der Waals surface area contributed by atoms with E-state index in [4.69, 9.17) is 0 Å². The van der Waals surface area contributed by atoms with Gasteiger partial charge in [-0.3, -0.25) is 4.79 Å². The van der Waals surface area contributed by atoms with Gasteiger partial charge in [0.2, 0.25) is 0 Å². The van der Waals surface area contributed by atoms with Crippen molar-refractivity contribution in [3.63, 3.8) is 0 Å². The summed E-state index contributed by atoms with van der Waals surface area (Å²) in [6.07, 6.45) is 6.90. The van der Waals surface area contributed by atoms with Crippen molar-refractivity contribution in [2.45, 2.75) is 59.3 Å². The van der Waals surface area contributed by atoms with Crippen LogP contribution in [0.1, 0.15) is 56.2 Å². The van der Waals surface area contributed by atoms with Gasteiger partial charge in [0.25, 0.3) is 0 Å². The predicted octanol–water partition coefficient (Wildman–Crippen LogP) is 4.25. The molecule has 0 aliphatic rings. The number of unbranched alkanes of at least 4 members (excludes halogenated alkanes) is 3. The Bertz CT molecular complexity index is 366. The molecule has 0 spiro atoms. The number of hydrogen-bond donors (Lipinski definition) is 0. The zero-order valence-corrected chi connectivity index (χ0v) is 11.4. The molecule has 0 radical (unpaired) electrons. The van der Waals surface area contributed by atoms with Crippen molar-refractivity contribution in [3.8, 4) is 0 Å². The first-order valence-corrected chi connectivity index (χ1v) is 6.71. The van der Waals surface area contributed by atoms with Crippen LogP contribution in [0.4, 0.5) is 0 Å². The van der Waals surface area contributed by atoms with Gasteiger partial charge in [-0.05, 0) is 43.4 Å². The van der Waals surface area contributed by atoms with Crippen LogP contribution in [0.5, 0.6) is 0 Å². The summed E-state index contributed by atoms with van der Waals surface area (Å²) in [5, 5.41) is 0. The minimum atomic E-state index is 0.241. The molecule has 1 heteroatoms. The summed E-state index contributed by atoms with van der Waals surface area (Å²) < 4.78 is 0. The molecule has 1 nitrogen and oxygen atoms in total. The van der Waals surface area contributed by atoms with Crippen molar-refractivity contribution in [2.75, 3.05) is 0 Å². The fourth-order valence-electron chi connectivity index (χ4n) is 2.13. The molecule has 0 bridgehead atoms. The molecule has 0 aliphatic carbocycles. The molecule has 0 amide bonds. The van der Waals surface area contributed by atoms with Crippen LogP contribution in [0.25, 0.3) is 0 Å².